The van der Waals surface area contributed by atoms with Crippen molar-refractivity contribution in [2.24, 2.45) is 0 Å². The summed E-state index contributed by atoms with van der Waals surface area (Å²) < 4.78 is 26.4. The molecule has 1 aromatic heterocycles. The number of aromatic nitrogens is 1. The molecule has 6 nitrogen and oxygen atoms in total. The fraction of sp³-hybridized carbons (Fsp3) is 0.583. The van der Waals surface area contributed by atoms with Gasteiger partial charge in [0.1, 0.15) is 0 Å². The molecule has 0 radical (unpaired) electrons. The molecule has 0 spiro atoms. The van der Waals surface area contributed by atoms with Crippen LogP contribution in [0, 0.1) is 0 Å². The molecule has 0 amide bonds. The first-order valence-corrected chi connectivity index (χ1v) is 7.67. The molecule has 1 fully saturated rings. The van der Waals surface area contributed by atoms with Crippen LogP contribution >= 0.6 is 0 Å². The number of rotatable bonds is 2. The van der Waals surface area contributed by atoms with Crippen molar-refractivity contribution in [3.63, 3.8) is 0 Å². The SMILES string of the molecule is CC1CN(S(=O)(=O)c2ccc(=O)[nH]c2)CC(C)N1C. The van der Waals surface area contributed by atoms with Gasteiger partial charge >= 0.3 is 0 Å². The third kappa shape index (κ3) is 2.72. The number of hydrogen-bond donors (Lipinski definition) is 1. The van der Waals surface area contributed by atoms with E-state index in [1.807, 2.05) is 20.9 Å². The van der Waals surface area contributed by atoms with Gasteiger partial charge in [-0.05, 0) is 27.0 Å². The highest BCUT2D eigenvalue weighted by Gasteiger charge is 2.34. The average Bonchev–Trinajstić information content (AvgIpc) is 2.35. The van der Waals surface area contributed by atoms with E-state index in [1.54, 1.807) is 0 Å². The number of aromatic amines is 1. The van der Waals surface area contributed by atoms with Crippen molar-refractivity contribution < 1.29 is 8.42 Å². The molecule has 0 aliphatic carbocycles. The standard InChI is InChI=1S/C12H19N3O3S/c1-9-7-15(8-10(2)14(9)3)19(17,18)11-4-5-12(16)13-6-11/h4-6,9-10H,7-8H2,1-3H3,(H,13,16). The molecular weight excluding hydrogens is 266 g/mol. The van der Waals surface area contributed by atoms with E-state index in [2.05, 4.69) is 9.88 Å². The molecule has 0 bridgehead atoms. The van der Waals surface area contributed by atoms with E-state index >= 15 is 0 Å². The molecule has 2 rings (SSSR count). The zero-order valence-electron chi connectivity index (χ0n) is 11.3. The molecule has 1 saturated heterocycles. The molecule has 19 heavy (non-hydrogen) atoms. The third-order valence-corrected chi connectivity index (χ3v) is 5.55. The number of nitrogens with zero attached hydrogens (tertiary/aromatic N) is 2. The fourth-order valence-electron chi connectivity index (χ4n) is 2.26. The lowest BCUT2D eigenvalue weighted by atomic mass is 10.1. The first-order chi connectivity index (χ1) is 8.82. The Morgan fingerprint density at radius 3 is 2.26 bits per heavy atom. The molecule has 106 valence electrons. The van der Waals surface area contributed by atoms with Crippen LogP contribution in [-0.4, -0.2) is 54.8 Å². The number of pyridine rings is 1. The van der Waals surface area contributed by atoms with Crippen LogP contribution in [0.4, 0.5) is 0 Å². The summed E-state index contributed by atoms with van der Waals surface area (Å²) in [6.45, 7) is 4.93. The number of sulfonamides is 1. The van der Waals surface area contributed by atoms with Crippen LogP contribution in [0.2, 0.25) is 0 Å². The average molecular weight is 285 g/mol. The van der Waals surface area contributed by atoms with E-state index in [-0.39, 0.29) is 22.5 Å². The Balaban J connectivity index is 2.30. The lowest BCUT2D eigenvalue weighted by Crippen LogP contribution is -2.56. The zero-order valence-corrected chi connectivity index (χ0v) is 12.1. The molecule has 2 unspecified atom stereocenters. The van der Waals surface area contributed by atoms with E-state index in [1.165, 1.54) is 22.6 Å². The molecule has 1 aliphatic heterocycles. The second-order valence-electron chi connectivity index (χ2n) is 5.07. The maximum Gasteiger partial charge on any atom is 0.247 e. The highest BCUT2D eigenvalue weighted by molar-refractivity contribution is 7.89. The Morgan fingerprint density at radius 1 is 1.21 bits per heavy atom. The van der Waals surface area contributed by atoms with Gasteiger partial charge < -0.3 is 4.98 Å². The highest BCUT2D eigenvalue weighted by atomic mass is 32.2. The van der Waals surface area contributed by atoms with Crippen LogP contribution in [0.25, 0.3) is 0 Å². The first-order valence-electron chi connectivity index (χ1n) is 6.23. The number of piperazine rings is 1. The van der Waals surface area contributed by atoms with Gasteiger partial charge in [-0.15, -0.1) is 0 Å². The predicted molar refractivity (Wildman–Crippen MR) is 72.5 cm³/mol. The highest BCUT2D eigenvalue weighted by Crippen LogP contribution is 2.20. The molecule has 7 heteroatoms. The lowest BCUT2D eigenvalue weighted by molar-refractivity contribution is 0.105. The molecule has 1 aliphatic rings. The summed E-state index contributed by atoms with van der Waals surface area (Å²) >= 11 is 0. The van der Waals surface area contributed by atoms with Crippen molar-refractivity contribution in [2.75, 3.05) is 20.1 Å². The summed E-state index contributed by atoms with van der Waals surface area (Å²) in [5, 5.41) is 0. The molecule has 1 aromatic rings. The molecule has 0 aromatic carbocycles. The van der Waals surface area contributed by atoms with E-state index in [0.29, 0.717) is 13.1 Å². The Morgan fingerprint density at radius 2 is 1.79 bits per heavy atom. The first kappa shape index (κ1) is 14.2. The van der Waals surface area contributed by atoms with Gasteiger partial charge in [0.05, 0.1) is 4.90 Å². The van der Waals surface area contributed by atoms with Crippen molar-refractivity contribution in [1.29, 1.82) is 0 Å². The summed E-state index contributed by atoms with van der Waals surface area (Å²) in [6.07, 6.45) is 1.26. The smallest absolute Gasteiger partial charge is 0.247 e. The topological polar surface area (TPSA) is 73.5 Å². The zero-order chi connectivity index (χ0) is 14.2. The number of H-pyrrole nitrogens is 1. The summed E-state index contributed by atoms with van der Waals surface area (Å²) in [5.41, 5.74) is -0.306. The number of hydrogen-bond acceptors (Lipinski definition) is 4. The number of nitrogens with one attached hydrogen (secondary N) is 1. The van der Waals surface area contributed by atoms with E-state index in [9.17, 15) is 13.2 Å². The Kier molecular flexibility index (Phi) is 3.80. The van der Waals surface area contributed by atoms with Crippen molar-refractivity contribution in [1.82, 2.24) is 14.2 Å². The second kappa shape index (κ2) is 5.07. The maximum atomic E-state index is 12.5. The molecule has 0 saturated carbocycles. The Bertz CT molecular complexity index is 578. The maximum absolute atomic E-state index is 12.5. The minimum Gasteiger partial charge on any atom is -0.328 e. The van der Waals surface area contributed by atoms with Crippen LogP contribution in [0.5, 0.6) is 0 Å². The molecule has 1 N–H and O–H groups in total. The summed E-state index contributed by atoms with van der Waals surface area (Å²) in [5.74, 6) is 0. The summed E-state index contributed by atoms with van der Waals surface area (Å²) in [4.78, 5) is 15.7. The van der Waals surface area contributed by atoms with Gasteiger partial charge in [0.25, 0.3) is 0 Å². The van der Waals surface area contributed by atoms with Crippen molar-refractivity contribution >= 4 is 10.0 Å². The van der Waals surface area contributed by atoms with Gasteiger partial charge in [0.15, 0.2) is 0 Å². The van der Waals surface area contributed by atoms with Gasteiger partial charge in [0, 0.05) is 37.4 Å². The fourth-order valence-corrected chi connectivity index (χ4v) is 3.83. The summed E-state index contributed by atoms with van der Waals surface area (Å²) in [6, 6.07) is 2.92. The predicted octanol–water partition coefficient (Wildman–Crippen LogP) is 0.0880. The van der Waals surface area contributed by atoms with Gasteiger partial charge in [-0.1, -0.05) is 0 Å². The normalized spacial score (nSPS) is 26.5. The molecule has 2 atom stereocenters. The van der Waals surface area contributed by atoms with Gasteiger partial charge in [0.2, 0.25) is 15.6 Å². The summed E-state index contributed by atoms with van der Waals surface area (Å²) in [7, 11) is -1.53. The van der Waals surface area contributed by atoms with Crippen molar-refractivity contribution in [3.05, 3.63) is 28.7 Å². The van der Waals surface area contributed by atoms with Crippen LogP contribution in [0.15, 0.2) is 28.0 Å². The van der Waals surface area contributed by atoms with Gasteiger partial charge in [-0.25, -0.2) is 8.42 Å². The number of likely N-dealkylation sites (N-methyl/N-ethyl adjacent to an activating group) is 1. The monoisotopic (exact) mass is 285 g/mol. The minimum atomic E-state index is -3.53. The van der Waals surface area contributed by atoms with Crippen LogP contribution < -0.4 is 5.56 Å². The van der Waals surface area contributed by atoms with Crippen LogP contribution in [-0.2, 0) is 10.0 Å². The van der Waals surface area contributed by atoms with E-state index in [0.717, 1.165) is 0 Å². The second-order valence-corrected chi connectivity index (χ2v) is 7.01. The lowest BCUT2D eigenvalue weighted by Gasteiger charge is -2.41. The molecular formula is C12H19N3O3S. The Labute approximate surface area is 113 Å². The van der Waals surface area contributed by atoms with Crippen molar-refractivity contribution in [2.45, 2.75) is 30.8 Å². The minimum absolute atomic E-state index is 0.135. The van der Waals surface area contributed by atoms with Crippen LogP contribution in [0.1, 0.15) is 13.8 Å². The molecule has 2 heterocycles. The van der Waals surface area contributed by atoms with Crippen molar-refractivity contribution in [3.8, 4) is 0 Å². The van der Waals surface area contributed by atoms with Gasteiger partial charge in [-0.3, -0.25) is 9.69 Å². The largest absolute Gasteiger partial charge is 0.328 e. The quantitative estimate of drug-likeness (QED) is 0.835. The van der Waals surface area contributed by atoms with E-state index < -0.39 is 10.0 Å². The Hall–Kier alpha value is -1.18. The van der Waals surface area contributed by atoms with Gasteiger partial charge in [-0.2, -0.15) is 4.31 Å². The third-order valence-electron chi connectivity index (χ3n) is 3.72. The van der Waals surface area contributed by atoms with Crippen LogP contribution in [0.3, 0.4) is 0 Å². The van der Waals surface area contributed by atoms with E-state index in [4.69, 9.17) is 0 Å².